The number of rotatable bonds is 59. The van der Waals surface area contributed by atoms with E-state index in [1.54, 1.807) is 0 Å². The van der Waals surface area contributed by atoms with Crippen LogP contribution in [0.2, 0.25) is 0 Å². The second-order valence-electron chi connectivity index (χ2n) is 21.3. The van der Waals surface area contributed by atoms with Gasteiger partial charge in [0.1, 0.15) is 6.61 Å². The zero-order valence-corrected chi connectivity index (χ0v) is 46.7. The maximum Gasteiger partial charge on any atom is 0.306 e. The SMILES string of the molecule is CCCCCC/C=C\CCCCCCCCCC(=O)OC[C@@H](COCCCCCCCCCCCCCCCCCC)OC(=O)CCCCCCCCCCCCCCCCCCCCCCC. The van der Waals surface area contributed by atoms with Crippen molar-refractivity contribution in [2.45, 2.75) is 361 Å². The fraction of sp³-hybridized carbons (Fsp3) is 0.937. The summed E-state index contributed by atoms with van der Waals surface area (Å²) >= 11 is 0. The van der Waals surface area contributed by atoms with Crippen LogP contribution >= 0.6 is 0 Å². The average molecular weight is 960 g/mol. The Morgan fingerprint density at radius 2 is 0.574 bits per heavy atom. The topological polar surface area (TPSA) is 61.8 Å². The number of allylic oxidation sites excluding steroid dienone is 2. The molecule has 5 nitrogen and oxygen atoms in total. The molecule has 1 atom stereocenters. The number of carbonyl (C=O) groups excluding carboxylic acids is 2. The van der Waals surface area contributed by atoms with Gasteiger partial charge in [-0.3, -0.25) is 9.59 Å². The molecule has 0 bridgehead atoms. The van der Waals surface area contributed by atoms with Gasteiger partial charge in [0.25, 0.3) is 0 Å². The van der Waals surface area contributed by atoms with Gasteiger partial charge >= 0.3 is 11.9 Å². The van der Waals surface area contributed by atoms with Gasteiger partial charge < -0.3 is 14.2 Å². The normalized spacial score (nSPS) is 12.1. The molecular formula is C63H122O5. The monoisotopic (exact) mass is 959 g/mol. The first-order chi connectivity index (χ1) is 33.6. The molecule has 5 heteroatoms. The summed E-state index contributed by atoms with van der Waals surface area (Å²) < 4.78 is 17.5. The van der Waals surface area contributed by atoms with Crippen molar-refractivity contribution in [2.24, 2.45) is 0 Å². The number of ether oxygens (including phenoxy) is 3. The summed E-state index contributed by atoms with van der Waals surface area (Å²) in [5.41, 5.74) is 0. The van der Waals surface area contributed by atoms with Gasteiger partial charge in [-0.2, -0.15) is 0 Å². The summed E-state index contributed by atoms with van der Waals surface area (Å²) in [7, 11) is 0. The van der Waals surface area contributed by atoms with Crippen LogP contribution in [0.15, 0.2) is 12.2 Å². The van der Waals surface area contributed by atoms with Crippen LogP contribution in [0.1, 0.15) is 355 Å². The Morgan fingerprint density at radius 3 is 0.912 bits per heavy atom. The third-order valence-electron chi connectivity index (χ3n) is 14.3. The quantitative estimate of drug-likeness (QED) is 0.0345. The summed E-state index contributed by atoms with van der Waals surface area (Å²) in [6, 6.07) is 0. The average Bonchev–Trinajstić information content (AvgIpc) is 3.34. The van der Waals surface area contributed by atoms with E-state index >= 15 is 0 Å². The molecule has 68 heavy (non-hydrogen) atoms. The minimum atomic E-state index is -0.529. The number of hydrogen-bond acceptors (Lipinski definition) is 5. The van der Waals surface area contributed by atoms with Crippen molar-refractivity contribution in [3.63, 3.8) is 0 Å². The van der Waals surface area contributed by atoms with Crippen molar-refractivity contribution in [1.29, 1.82) is 0 Å². The third-order valence-corrected chi connectivity index (χ3v) is 14.3. The number of esters is 2. The lowest BCUT2D eigenvalue weighted by Gasteiger charge is -2.18. The van der Waals surface area contributed by atoms with Crippen molar-refractivity contribution < 1.29 is 23.8 Å². The molecule has 404 valence electrons. The molecule has 0 fully saturated rings. The minimum absolute atomic E-state index is 0.0933. The van der Waals surface area contributed by atoms with E-state index in [2.05, 4.69) is 32.9 Å². The molecule has 0 rings (SSSR count). The summed E-state index contributed by atoms with van der Waals surface area (Å²) in [4.78, 5) is 25.6. The predicted molar refractivity (Wildman–Crippen MR) is 298 cm³/mol. The molecular weight excluding hydrogens is 837 g/mol. The van der Waals surface area contributed by atoms with Crippen LogP contribution in [0.25, 0.3) is 0 Å². The summed E-state index contributed by atoms with van der Waals surface area (Å²) in [5.74, 6) is -0.372. The molecule has 0 aliphatic rings. The lowest BCUT2D eigenvalue weighted by atomic mass is 10.0. The van der Waals surface area contributed by atoms with Crippen molar-refractivity contribution in [3.8, 4) is 0 Å². The second-order valence-corrected chi connectivity index (χ2v) is 21.3. The van der Waals surface area contributed by atoms with Gasteiger partial charge in [-0.25, -0.2) is 0 Å². The fourth-order valence-corrected chi connectivity index (χ4v) is 9.63. The molecule has 0 heterocycles. The maximum absolute atomic E-state index is 12.9. The van der Waals surface area contributed by atoms with Crippen LogP contribution in [-0.4, -0.2) is 37.9 Å². The van der Waals surface area contributed by atoms with Gasteiger partial charge in [0, 0.05) is 19.4 Å². The molecule has 0 spiro atoms. The zero-order valence-electron chi connectivity index (χ0n) is 46.7. The van der Waals surface area contributed by atoms with Crippen molar-refractivity contribution >= 4 is 11.9 Å². The maximum atomic E-state index is 12.9. The van der Waals surface area contributed by atoms with Crippen LogP contribution in [0.5, 0.6) is 0 Å². The minimum Gasteiger partial charge on any atom is -0.462 e. The van der Waals surface area contributed by atoms with E-state index in [-0.39, 0.29) is 18.5 Å². The van der Waals surface area contributed by atoms with Gasteiger partial charge in [0.05, 0.1) is 6.61 Å². The fourth-order valence-electron chi connectivity index (χ4n) is 9.63. The van der Waals surface area contributed by atoms with Crippen molar-refractivity contribution in [2.75, 3.05) is 19.8 Å². The first-order valence-electron chi connectivity index (χ1n) is 31.2. The Hall–Kier alpha value is -1.36. The zero-order chi connectivity index (χ0) is 49.2. The molecule has 0 amide bonds. The van der Waals surface area contributed by atoms with E-state index < -0.39 is 6.10 Å². The first-order valence-corrected chi connectivity index (χ1v) is 31.2. The highest BCUT2D eigenvalue weighted by molar-refractivity contribution is 5.70. The van der Waals surface area contributed by atoms with E-state index in [0.717, 1.165) is 32.1 Å². The molecule has 0 aromatic heterocycles. The molecule has 0 unspecified atom stereocenters. The van der Waals surface area contributed by atoms with E-state index in [9.17, 15) is 9.59 Å². The molecule has 0 saturated carbocycles. The highest BCUT2D eigenvalue weighted by atomic mass is 16.6. The Labute approximate surface area is 426 Å². The molecule has 0 aliphatic carbocycles. The Bertz CT molecular complexity index is 994. The summed E-state index contributed by atoms with van der Waals surface area (Å²) in [6.07, 6.45) is 71.0. The Morgan fingerprint density at radius 1 is 0.309 bits per heavy atom. The van der Waals surface area contributed by atoms with Gasteiger partial charge in [0.2, 0.25) is 0 Å². The Kier molecular flexibility index (Phi) is 58.7. The standard InChI is InChI=1S/C63H122O5/c1-4-7-10-13-16-19-22-25-28-30-31-32-33-34-36-39-42-45-48-51-54-57-63(65)68-61(59-66-58-55-52-49-46-43-40-37-29-26-23-20-17-14-11-8-5-2)60-67-62(64)56-53-50-47-44-41-38-35-27-24-21-18-15-12-9-6-3/h21,24,61H,4-20,22-23,25-60H2,1-3H3/b24-21-/t61-/m1/s1. The highest BCUT2D eigenvalue weighted by Crippen LogP contribution is 2.18. The highest BCUT2D eigenvalue weighted by Gasteiger charge is 2.18. The number of unbranched alkanes of at least 4 members (excludes halogenated alkanes) is 46. The van der Waals surface area contributed by atoms with E-state index in [1.807, 2.05) is 0 Å². The lowest BCUT2D eigenvalue weighted by Crippen LogP contribution is -2.30. The molecule has 0 radical (unpaired) electrons. The molecule has 0 aromatic carbocycles. The van der Waals surface area contributed by atoms with Crippen molar-refractivity contribution in [3.05, 3.63) is 12.2 Å². The van der Waals surface area contributed by atoms with Gasteiger partial charge in [0.15, 0.2) is 6.10 Å². The Balaban J connectivity index is 4.18. The van der Waals surface area contributed by atoms with Crippen LogP contribution in [0.4, 0.5) is 0 Å². The molecule has 0 N–H and O–H groups in total. The number of hydrogen-bond donors (Lipinski definition) is 0. The van der Waals surface area contributed by atoms with Crippen molar-refractivity contribution in [1.82, 2.24) is 0 Å². The molecule has 0 aromatic rings. The molecule has 0 aliphatic heterocycles. The third kappa shape index (κ3) is 57.2. The smallest absolute Gasteiger partial charge is 0.306 e. The van der Waals surface area contributed by atoms with Gasteiger partial charge in [-0.15, -0.1) is 0 Å². The second kappa shape index (κ2) is 59.9. The largest absolute Gasteiger partial charge is 0.462 e. The van der Waals surface area contributed by atoms with E-state index in [4.69, 9.17) is 14.2 Å². The van der Waals surface area contributed by atoms with Crippen LogP contribution in [0.3, 0.4) is 0 Å². The molecule has 0 saturated heterocycles. The van der Waals surface area contributed by atoms with Crippen LogP contribution in [-0.2, 0) is 23.8 Å². The van der Waals surface area contributed by atoms with Gasteiger partial charge in [-0.1, -0.05) is 309 Å². The van der Waals surface area contributed by atoms with Crippen LogP contribution < -0.4 is 0 Å². The lowest BCUT2D eigenvalue weighted by molar-refractivity contribution is -0.163. The van der Waals surface area contributed by atoms with E-state index in [1.165, 1.54) is 289 Å². The summed E-state index contributed by atoms with van der Waals surface area (Å²) in [6.45, 7) is 7.91. The van der Waals surface area contributed by atoms with Crippen LogP contribution in [0, 0.1) is 0 Å². The van der Waals surface area contributed by atoms with E-state index in [0.29, 0.717) is 26.1 Å². The number of carbonyl (C=O) groups is 2. The van der Waals surface area contributed by atoms with Gasteiger partial charge in [-0.05, 0) is 44.9 Å². The predicted octanol–water partition coefficient (Wildman–Crippen LogP) is 21.4. The summed E-state index contributed by atoms with van der Waals surface area (Å²) in [5, 5.41) is 0. The first kappa shape index (κ1) is 66.6.